The summed E-state index contributed by atoms with van der Waals surface area (Å²) < 4.78 is 33.0. The van der Waals surface area contributed by atoms with Crippen LogP contribution < -0.4 is 4.90 Å². The lowest BCUT2D eigenvalue weighted by atomic mass is 9.95. The molecule has 0 spiro atoms. The molecule has 11 heteroatoms. The van der Waals surface area contributed by atoms with Crippen molar-refractivity contribution in [2.24, 2.45) is 14.1 Å². The minimum atomic E-state index is -3.98. The summed E-state index contributed by atoms with van der Waals surface area (Å²) in [7, 11) is -0.327. The number of benzene rings is 2. The molecule has 1 unspecified atom stereocenters. The molecule has 38 heavy (non-hydrogen) atoms. The monoisotopic (exact) mass is 526 g/mol. The van der Waals surface area contributed by atoms with Gasteiger partial charge in [0.2, 0.25) is 0 Å². The van der Waals surface area contributed by atoms with Gasteiger partial charge in [0, 0.05) is 51.3 Å². The molecule has 0 saturated heterocycles. The zero-order valence-corrected chi connectivity index (χ0v) is 21.9. The molecular formula is C27H26N8O2S. The van der Waals surface area contributed by atoms with E-state index in [0.717, 1.165) is 22.5 Å². The van der Waals surface area contributed by atoms with Gasteiger partial charge in [-0.05, 0) is 47.9 Å². The second-order valence-electron chi connectivity index (χ2n) is 9.43. The van der Waals surface area contributed by atoms with E-state index in [4.69, 9.17) is 0 Å². The Bertz CT molecular complexity index is 1660. The maximum absolute atomic E-state index is 14.0. The molecule has 1 aliphatic rings. The summed E-state index contributed by atoms with van der Waals surface area (Å²) in [5.74, 6) is 0. The average molecular weight is 527 g/mol. The summed E-state index contributed by atoms with van der Waals surface area (Å²) in [5.41, 5.74) is 4.64. The first-order valence-electron chi connectivity index (χ1n) is 12.0. The molecular weight excluding hydrogens is 500 g/mol. The molecule has 0 N–H and O–H groups in total. The molecule has 0 fully saturated rings. The second kappa shape index (κ2) is 10.1. The molecule has 192 valence electrons. The molecule has 5 rings (SSSR count). The third kappa shape index (κ3) is 4.90. The highest BCUT2D eigenvalue weighted by Crippen LogP contribution is 2.33. The van der Waals surface area contributed by atoms with Crippen molar-refractivity contribution >= 4 is 15.7 Å². The van der Waals surface area contributed by atoms with Crippen molar-refractivity contribution < 1.29 is 8.42 Å². The number of sulfonamides is 1. The van der Waals surface area contributed by atoms with Gasteiger partial charge in [-0.2, -0.15) is 14.8 Å². The third-order valence-corrected chi connectivity index (χ3v) is 8.57. The zero-order chi connectivity index (χ0) is 26.9. The minimum Gasteiger partial charge on any atom is -0.364 e. The van der Waals surface area contributed by atoms with Crippen molar-refractivity contribution in [2.45, 2.75) is 30.6 Å². The largest absolute Gasteiger partial charge is 0.364 e. The predicted molar refractivity (Wildman–Crippen MR) is 140 cm³/mol. The highest BCUT2D eigenvalue weighted by Gasteiger charge is 2.37. The number of hydrogen-bond donors (Lipinski definition) is 0. The standard InChI is InChI=1S/C27H26N8O2S/c1-32-17-27(31-19-32)38(36,37)35(14-21-5-3-20(11-28)4-6-21)24-10-23-9-22(12-29)7-8-26(23)34(15-24)16-25-13-30-18-33(25)2/h3-9,13,17-19,24H,10,14-16H2,1-2H3. The summed E-state index contributed by atoms with van der Waals surface area (Å²) in [5, 5.41) is 18.7. The molecule has 0 radical (unpaired) electrons. The van der Waals surface area contributed by atoms with Gasteiger partial charge >= 0.3 is 0 Å². The van der Waals surface area contributed by atoms with Crippen molar-refractivity contribution in [1.82, 2.24) is 23.4 Å². The maximum atomic E-state index is 14.0. The molecule has 3 heterocycles. The number of hydrogen-bond acceptors (Lipinski definition) is 7. The van der Waals surface area contributed by atoms with E-state index in [1.807, 2.05) is 23.7 Å². The van der Waals surface area contributed by atoms with Crippen LogP contribution in [0, 0.1) is 22.7 Å². The number of fused-ring (bicyclic) bond motifs is 1. The summed E-state index contributed by atoms with van der Waals surface area (Å²) in [6, 6.07) is 16.3. The van der Waals surface area contributed by atoms with Gasteiger partial charge in [0.15, 0.2) is 5.03 Å². The summed E-state index contributed by atoms with van der Waals surface area (Å²) in [4.78, 5) is 10.5. The fraction of sp³-hybridized carbons (Fsp3) is 0.259. The summed E-state index contributed by atoms with van der Waals surface area (Å²) in [6.45, 7) is 1.08. The van der Waals surface area contributed by atoms with E-state index < -0.39 is 16.1 Å². The van der Waals surface area contributed by atoms with Crippen LogP contribution in [0.25, 0.3) is 0 Å². The number of nitriles is 2. The van der Waals surface area contributed by atoms with Crippen LogP contribution in [0.5, 0.6) is 0 Å². The molecule has 0 amide bonds. The second-order valence-corrected chi connectivity index (χ2v) is 11.3. The molecule has 4 aromatic rings. The van der Waals surface area contributed by atoms with E-state index in [2.05, 4.69) is 27.0 Å². The lowest BCUT2D eigenvalue weighted by Gasteiger charge is -2.40. The van der Waals surface area contributed by atoms with Gasteiger partial charge in [-0.25, -0.2) is 18.4 Å². The molecule has 2 aromatic heterocycles. The number of nitrogens with zero attached hydrogens (tertiary/aromatic N) is 8. The average Bonchev–Trinajstić information content (AvgIpc) is 3.55. The molecule has 10 nitrogen and oxygen atoms in total. The first-order valence-corrected chi connectivity index (χ1v) is 13.4. The Morgan fingerprint density at radius 3 is 2.42 bits per heavy atom. The van der Waals surface area contributed by atoms with Crippen LogP contribution in [0.2, 0.25) is 0 Å². The normalized spacial score (nSPS) is 15.2. The topological polar surface area (TPSA) is 124 Å². The van der Waals surface area contributed by atoms with E-state index >= 15 is 0 Å². The number of imidazole rings is 2. The van der Waals surface area contributed by atoms with Crippen molar-refractivity contribution in [1.29, 1.82) is 10.5 Å². The van der Waals surface area contributed by atoms with Gasteiger partial charge in [-0.15, -0.1) is 0 Å². The smallest absolute Gasteiger partial charge is 0.262 e. The molecule has 0 saturated carbocycles. The highest BCUT2D eigenvalue weighted by atomic mass is 32.2. The third-order valence-electron chi connectivity index (χ3n) is 6.79. The molecule has 0 bridgehead atoms. The van der Waals surface area contributed by atoms with Crippen LogP contribution in [-0.2, 0) is 43.6 Å². The fourth-order valence-electron chi connectivity index (χ4n) is 4.79. The van der Waals surface area contributed by atoms with Crippen LogP contribution in [0.4, 0.5) is 5.69 Å². The Hall–Kier alpha value is -4.45. The van der Waals surface area contributed by atoms with E-state index in [9.17, 15) is 18.9 Å². The Kier molecular flexibility index (Phi) is 6.72. The lowest BCUT2D eigenvalue weighted by Crippen LogP contribution is -2.50. The van der Waals surface area contributed by atoms with Crippen molar-refractivity contribution in [3.63, 3.8) is 0 Å². The molecule has 1 atom stereocenters. The fourth-order valence-corrected chi connectivity index (χ4v) is 6.36. The van der Waals surface area contributed by atoms with Gasteiger partial charge in [-0.1, -0.05) is 12.1 Å². The van der Waals surface area contributed by atoms with Gasteiger partial charge in [0.1, 0.15) is 0 Å². The Morgan fingerprint density at radius 1 is 1.05 bits per heavy atom. The number of aryl methyl sites for hydroxylation is 2. The first kappa shape index (κ1) is 25.2. The van der Waals surface area contributed by atoms with Crippen molar-refractivity contribution in [3.8, 4) is 12.1 Å². The Balaban J connectivity index is 1.57. The number of aromatic nitrogens is 4. The zero-order valence-electron chi connectivity index (χ0n) is 21.1. The van der Waals surface area contributed by atoms with Crippen molar-refractivity contribution in [3.05, 3.63) is 95.5 Å². The maximum Gasteiger partial charge on any atom is 0.262 e. The van der Waals surface area contributed by atoms with E-state index in [-0.39, 0.29) is 11.6 Å². The summed E-state index contributed by atoms with van der Waals surface area (Å²) in [6.07, 6.45) is 6.94. The van der Waals surface area contributed by atoms with Gasteiger partial charge in [-0.3, -0.25) is 0 Å². The molecule has 2 aromatic carbocycles. The van der Waals surface area contributed by atoms with Gasteiger partial charge in [0.25, 0.3) is 10.0 Å². The highest BCUT2D eigenvalue weighted by molar-refractivity contribution is 7.89. The summed E-state index contributed by atoms with van der Waals surface area (Å²) >= 11 is 0. The predicted octanol–water partition coefficient (Wildman–Crippen LogP) is 2.72. The quantitative estimate of drug-likeness (QED) is 0.363. The van der Waals surface area contributed by atoms with Crippen LogP contribution in [0.1, 0.15) is 27.9 Å². The molecule has 0 aliphatic carbocycles. The number of rotatable bonds is 7. The van der Waals surface area contributed by atoms with E-state index in [1.54, 1.807) is 54.5 Å². The van der Waals surface area contributed by atoms with Crippen molar-refractivity contribution in [2.75, 3.05) is 11.4 Å². The van der Waals surface area contributed by atoms with Gasteiger partial charge < -0.3 is 14.0 Å². The van der Waals surface area contributed by atoms with Crippen LogP contribution >= 0.6 is 0 Å². The molecule has 1 aliphatic heterocycles. The van der Waals surface area contributed by atoms with Crippen LogP contribution in [-0.4, -0.2) is 44.4 Å². The minimum absolute atomic E-state index is 0.0246. The van der Waals surface area contributed by atoms with Crippen LogP contribution in [0.3, 0.4) is 0 Å². The van der Waals surface area contributed by atoms with E-state index in [1.165, 1.54) is 16.8 Å². The van der Waals surface area contributed by atoms with Gasteiger partial charge in [0.05, 0.1) is 48.2 Å². The number of anilines is 1. The lowest BCUT2D eigenvalue weighted by molar-refractivity contribution is 0.301. The van der Waals surface area contributed by atoms with E-state index in [0.29, 0.717) is 30.6 Å². The van der Waals surface area contributed by atoms with Crippen LogP contribution in [0.15, 0.2) is 72.5 Å². The Labute approximate surface area is 221 Å². The SMILES string of the molecule is Cn1cnc(S(=O)(=O)N(Cc2ccc(C#N)cc2)C2Cc3cc(C#N)ccc3N(Cc3cncn3C)C2)c1. The first-order chi connectivity index (χ1) is 18.3. The Morgan fingerprint density at radius 2 is 1.79 bits per heavy atom.